The van der Waals surface area contributed by atoms with Crippen LogP contribution in [0.25, 0.3) is 5.57 Å². The van der Waals surface area contributed by atoms with Crippen LogP contribution in [0.4, 0.5) is 0 Å². The van der Waals surface area contributed by atoms with Gasteiger partial charge in [0.1, 0.15) is 0 Å². The average molecular weight is 233 g/mol. The van der Waals surface area contributed by atoms with Gasteiger partial charge >= 0.3 is 0 Å². The van der Waals surface area contributed by atoms with Crippen LogP contribution in [-0.2, 0) is 6.42 Å². The molecule has 1 aromatic carbocycles. The van der Waals surface area contributed by atoms with E-state index in [4.69, 9.17) is 6.42 Å². The Morgan fingerprint density at radius 2 is 2.06 bits per heavy atom. The van der Waals surface area contributed by atoms with Crippen molar-refractivity contribution in [3.05, 3.63) is 65.8 Å². The van der Waals surface area contributed by atoms with Crippen molar-refractivity contribution in [3.63, 3.8) is 0 Å². The van der Waals surface area contributed by atoms with Gasteiger partial charge in [0.2, 0.25) is 0 Å². The van der Waals surface area contributed by atoms with Gasteiger partial charge in [0.05, 0.1) is 11.6 Å². The second-order valence-corrected chi connectivity index (χ2v) is 3.61. The Hall–Kier alpha value is -2.51. The van der Waals surface area contributed by atoms with Gasteiger partial charge in [-0.1, -0.05) is 55.3 Å². The number of nitrogens with zero attached hydrogens (tertiary/aromatic N) is 1. The lowest BCUT2D eigenvalue weighted by molar-refractivity contribution is 1.13. The van der Waals surface area contributed by atoms with Crippen molar-refractivity contribution in [1.82, 2.24) is 0 Å². The van der Waals surface area contributed by atoms with Gasteiger partial charge in [-0.15, -0.1) is 6.42 Å². The highest BCUT2D eigenvalue weighted by Gasteiger charge is 2.03. The van der Waals surface area contributed by atoms with Crippen molar-refractivity contribution in [2.75, 3.05) is 0 Å². The Labute approximate surface area is 109 Å². The van der Waals surface area contributed by atoms with E-state index >= 15 is 0 Å². The van der Waals surface area contributed by atoms with Crippen molar-refractivity contribution >= 4 is 5.57 Å². The zero-order chi connectivity index (χ0) is 13.2. The molecule has 0 heterocycles. The van der Waals surface area contributed by atoms with E-state index in [1.54, 1.807) is 18.2 Å². The quantitative estimate of drug-likeness (QED) is 0.439. The molecule has 0 atom stereocenters. The molecule has 0 fully saturated rings. The summed E-state index contributed by atoms with van der Waals surface area (Å²) >= 11 is 0. The summed E-state index contributed by atoms with van der Waals surface area (Å²) in [7, 11) is 0. The summed E-state index contributed by atoms with van der Waals surface area (Å²) in [6.45, 7) is 2.08. The maximum absolute atomic E-state index is 9.20. The summed E-state index contributed by atoms with van der Waals surface area (Å²) in [6, 6.07) is 10.2. The molecule has 0 aliphatic carbocycles. The van der Waals surface area contributed by atoms with E-state index in [0.717, 1.165) is 12.0 Å². The van der Waals surface area contributed by atoms with Gasteiger partial charge in [0.25, 0.3) is 0 Å². The number of rotatable bonds is 4. The van der Waals surface area contributed by atoms with E-state index in [0.29, 0.717) is 5.57 Å². The maximum atomic E-state index is 9.20. The Kier molecular flexibility index (Phi) is 5.81. The SMILES string of the molecule is C#C\C=C/C=C\C=C(/C#N)c1ccccc1CC. The first-order chi connectivity index (χ1) is 8.83. The lowest BCUT2D eigenvalue weighted by Crippen LogP contribution is -1.89. The summed E-state index contributed by atoms with van der Waals surface area (Å²) in [5.41, 5.74) is 2.84. The number of allylic oxidation sites excluding steroid dienone is 6. The Balaban J connectivity index is 3.01. The van der Waals surface area contributed by atoms with E-state index in [1.165, 1.54) is 5.56 Å². The molecule has 1 rings (SSSR count). The van der Waals surface area contributed by atoms with E-state index in [9.17, 15) is 5.26 Å². The molecule has 0 unspecified atom stereocenters. The van der Waals surface area contributed by atoms with Crippen LogP contribution < -0.4 is 0 Å². The van der Waals surface area contributed by atoms with Gasteiger partial charge in [-0.25, -0.2) is 0 Å². The normalized spacial score (nSPS) is 11.6. The molecule has 0 N–H and O–H groups in total. The van der Waals surface area contributed by atoms with Gasteiger partial charge in [0, 0.05) is 0 Å². The topological polar surface area (TPSA) is 23.8 Å². The monoisotopic (exact) mass is 233 g/mol. The minimum atomic E-state index is 0.665. The van der Waals surface area contributed by atoms with Crippen LogP contribution in [0.1, 0.15) is 18.1 Å². The lowest BCUT2D eigenvalue weighted by atomic mass is 9.98. The largest absolute Gasteiger partial charge is 0.192 e. The molecule has 1 aromatic rings. The number of aryl methyl sites for hydroxylation is 1. The fourth-order valence-corrected chi connectivity index (χ4v) is 1.61. The van der Waals surface area contributed by atoms with Crippen LogP contribution >= 0.6 is 0 Å². The number of hydrogen-bond donors (Lipinski definition) is 0. The minimum absolute atomic E-state index is 0.665. The third kappa shape index (κ3) is 3.81. The van der Waals surface area contributed by atoms with Crippen LogP contribution in [0, 0.1) is 23.7 Å². The zero-order valence-electron chi connectivity index (χ0n) is 10.4. The van der Waals surface area contributed by atoms with Crippen LogP contribution in [0.3, 0.4) is 0 Å². The standard InChI is InChI=1S/C17H15N/c1-3-5-6-7-8-12-16(14-18)17-13-10-9-11-15(17)4-2/h1,5-13H,4H2,2H3/b6-5-,8-7-,16-12+. The summed E-state index contributed by atoms with van der Waals surface area (Å²) in [5.74, 6) is 2.40. The van der Waals surface area contributed by atoms with Crippen LogP contribution in [-0.4, -0.2) is 0 Å². The molecule has 0 aliphatic rings. The molecule has 1 heteroatoms. The van der Waals surface area contributed by atoms with Crippen LogP contribution in [0.15, 0.2) is 54.6 Å². The molecule has 0 bridgehead atoms. The lowest BCUT2D eigenvalue weighted by Gasteiger charge is -2.04. The summed E-state index contributed by atoms with van der Waals surface area (Å²) in [4.78, 5) is 0. The fourth-order valence-electron chi connectivity index (χ4n) is 1.61. The molecular weight excluding hydrogens is 218 g/mol. The predicted octanol–water partition coefficient (Wildman–Crippen LogP) is 3.90. The molecule has 0 spiro atoms. The second kappa shape index (κ2) is 7.71. The van der Waals surface area contributed by atoms with E-state index < -0.39 is 0 Å². The van der Waals surface area contributed by atoms with Crippen molar-refractivity contribution < 1.29 is 0 Å². The van der Waals surface area contributed by atoms with Crippen molar-refractivity contribution in [3.8, 4) is 18.4 Å². The van der Waals surface area contributed by atoms with Gasteiger partial charge in [-0.2, -0.15) is 5.26 Å². The Bertz CT molecular complexity index is 560. The molecule has 0 saturated carbocycles. The highest BCUT2D eigenvalue weighted by Crippen LogP contribution is 2.19. The van der Waals surface area contributed by atoms with Gasteiger partial charge < -0.3 is 0 Å². The maximum Gasteiger partial charge on any atom is 0.0998 e. The van der Waals surface area contributed by atoms with Crippen molar-refractivity contribution in [2.24, 2.45) is 0 Å². The number of benzene rings is 1. The average Bonchev–Trinajstić information content (AvgIpc) is 2.43. The molecule has 0 aliphatic heterocycles. The minimum Gasteiger partial charge on any atom is -0.192 e. The number of terminal acetylenes is 1. The zero-order valence-corrected chi connectivity index (χ0v) is 10.4. The van der Waals surface area contributed by atoms with Crippen LogP contribution in [0.5, 0.6) is 0 Å². The summed E-state index contributed by atoms with van der Waals surface area (Å²) in [5, 5.41) is 9.20. The van der Waals surface area contributed by atoms with Gasteiger partial charge in [-0.05, 0) is 29.7 Å². The number of nitriles is 1. The molecule has 0 aromatic heterocycles. The first kappa shape index (κ1) is 13.6. The first-order valence-corrected chi connectivity index (χ1v) is 5.81. The van der Waals surface area contributed by atoms with E-state index in [1.807, 2.05) is 36.4 Å². The molecular formula is C17H15N. The number of hydrogen-bond acceptors (Lipinski definition) is 1. The van der Waals surface area contributed by atoms with Gasteiger partial charge in [0.15, 0.2) is 0 Å². The summed E-state index contributed by atoms with van der Waals surface area (Å²) in [6.07, 6.45) is 14.8. The summed E-state index contributed by atoms with van der Waals surface area (Å²) < 4.78 is 0. The third-order valence-electron chi connectivity index (χ3n) is 2.49. The molecule has 0 radical (unpaired) electrons. The molecule has 1 nitrogen and oxygen atoms in total. The molecule has 0 saturated heterocycles. The highest BCUT2D eigenvalue weighted by molar-refractivity contribution is 5.79. The molecule has 88 valence electrons. The highest BCUT2D eigenvalue weighted by atomic mass is 14.2. The fraction of sp³-hybridized carbons (Fsp3) is 0.118. The molecule has 0 amide bonds. The smallest absolute Gasteiger partial charge is 0.0998 e. The first-order valence-electron chi connectivity index (χ1n) is 5.81. The third-order valence-corrected chi connectivity index (χ3v) is 2.49. The second-order valence-electron chi connectivity index (χ2n) is 3.61. The Morgan fingerprint density at radius 1 is 1.28 bits per heavy atom. The van der Waals surface area contributed by atoms with Crippen LogP contribution in [0.2, 0.25) is 0 Å². The van der Waals surface area contributed by atoms with Gasteiger partial charge in [-0.3, -0.25) is 0 Å². The van der Waals surface area contributed by atoms with E-state index in [-0.39, 0.29) is 0 Å². The molecule has 18 heavy (non-hydrogen) atoms. The predicted molar refractivity (Wildman–Crippen MR) is 76.5 cm³/mol. The van der Waals surface area contributed by atoms with E-state index in [2.05, 4.69) is 18.9 Å². The van der Waals surface area contributed by atoms with Crippen molar-refractivity contribution in [2.45, 2.75) is 13.3 Å². The Morgan fingerprint density at radius 3 is 2.72 bits per heavy atom. The van der Waals surface area contributed by atoms with Crippen molar-refractivity contribution in [1.29, 1.82) is 5.26 Å².